The summed E-state index contributed by atoms with van der Waals surface area (Å²) in [5.74, 6) is 0.784. The van der Waals surface area contributed by atoms with E-state index in [4.69, 9.17) is 10.5 Å². The molecule has 2 aromatic rings. The fourth-order valence-corrected chi connectivity index (χ4v) is 1.44. The maximum absolute atomic E-state index is 13.1. The Bertz CT molecular complexity index is 529. The largest absolute Gasteiger partial charge is 0.457 e. The first-order valence-corrected chi connectivity index (χ1v) is 5.28. The highest BCUT2D eigenvalue weighted by molar-refractivity contribution is 5.37. The molecule has 1 heterocycles. The summed E-state index contributed by atoms with van der Waals surface area (Å²) >= 11 is 0. The zero-order valence-corrected chi connectivity index (χ0v) is 9.48. The third kappa shape index (κ3) is 2.79. The van der Waals surface area contributed by atoms with Crippen molar-refractivity contribution in [3.63, 3.8) is 0 Å². The van der Waals surface area contributed by atoms with Crippen LogP contribution in [0.5, 0.6) is 11.5 Å². The molecule has 2 N–H and O–H groups in total. The number of nitrogens with zero attached hydrogens (tertiary/aromatic N) is 1. The molecule has 0 saturated carbocycles. The molecule has 17 heavy (non-hydrogen) atoms. The predicted molar refractivity (Wildman–Crippen MR) is 63.3 cm³/mol. The van der Waals surface area contributed by atoms with Crippen LogP contribution in [0.4, 0.5) is 4.39 Å². The van der Waals surface area contributed by atoms with Crippen LogP contribution in [0.3, 0.4) is 0 Å². The second-order valence-electron chi connectivity index (χ2n) is 3.70. The molecule has 0 amide bonds. The van der Waals surface area contributed by atoms with Gasteiger partial charge < -0.3 is 10.5 Å². The Morgan fingerprint density at radius 2 is 2.12 bits per heavy atom. The predicted octanol–water partition coefficient (Wildman–Crippen LogP) is 2.78. The molecule has 0 aliphatic heterocycles. The Balaban J connectivity index is 2.27. The highest BCUT2D eigenvalue weighted by Crippen LogP contribution is 2.25. The summed E-state index contributed by atoms with van der Waals surface area (Å²) < 4.78 is 18.7. The van der Waals surface area contributed by atoms with Gasteiger partial charge in [0.25, 0.3) is 0 Å². The van der Waals surface area contributed by atoms with Crippen LogP contribution in [0.1, 0.15) is 11.3 Å². The molecule has 0 fully saturated rings. The quantitative estimate of drug-likeness (QED) is 0.885. The van der Waals surface area contributed by atoms with Gasteiger partial charge in [-0.2, -0.15) is 0 Å². The number of pyridine rings is 1. The van der Waals surface area contributed by atoms with Crippen LogP contribution in [0.2, 0.25) is 0 Å². The number of aromatic nitrogens is 1. The van der Waals surface area contributed by atoms with Gasteiger partial charge in [0, 0.05) is 24.9 Å². The normalized spacial score (nSPS) is 10.3. The van der Waals surface area contributed by atoms with Gasteiger partial charge >= 0.3 is 0 Å². The van der Waals surface area contributed by atoms with Crippen LogP contribution in [0, 0.1) is 12.7 Å². The van der Waals surface area contributed by atoms with Gasteiger partial charge in [0.15, 0.2) is 0 Å². The first-order chi connectivity index (χ1) is 8.19. The van der Waals surface area contributed by atoms with Crippen molar-refractivity contribution in [1.29, 1.82) is 0 Å². The number of benzene rings is 1. The van der Waals surface area contributed by atoms with Crippen molar-refractivity contribution >= 4 is 0 Å². The molecule has 0 bridgehead atoms. The van der Waals surface area contributed by atoms with Gasteiger partial charge in [-0.05, 0) is 24.6 Å². The molecule has 1 aromatic heterocycles. The van der Waals surface area contributed by atoms with E-state index < -0.39 is 0 Å². The lowest BCUT2D eigenvalue weighted by atomic mass is 10.2. The van der Waals surface area contributed by atoms with Crippen molar-refractivity contribution in [1.82, 2.24) is 4.98 Å². The summed E-state index contributed by atoms with van der Waals surface area (Å²) in [6.07, 6.45) is 1.62. The molecular formula is C13H13FN2O. The lowest BCUT2D eigenvalue weighted by Crippen LogP contribution is -1.99. The molecule has 0 unspecified atom stereocenters. The van der Waals surface area contributed by atoms with Crippen LogP contribution >= 0.6 is 0 Å². The fourth-order valence-electron chi connectivity index (χ4n) is 1.44. The smallest absolute Gasteiger partial charge is 0.133 e. The van der Waals surface area contributed by atoms with Gasteiger partial charge in [-0.25, -0.2) is 4.39 Å². The molecule has 88 valence electrons. The summed E-state index contributed by atoms with van der Waals surface area (Å²) in [5.41, 5.74) is 7.09. The minimum Gasteiger partial charge on any atom is -0.457 e. The number of nitrogens with two attached hydrogens (primary N) is 1. The van der Waals surface area contributed by atoms with E-state index in [9.17, 15) is 4.39 Å². The van der Waals surface area contributed by atoms with Crippen LogP contribution < -0.4 is 10.5 Å². The molecule has 0 aliphatic rings. The Morgan fingerprint density at radius 1 is 1.29 bits per heavy atom. The SMILES string of the molecule is Cc1ccc(F)cc1Oc1ccnc(CN)c1. The van der Waals surface area contributed by atoms with Crippen LogP contribution in [-0.2, 0) is 6.54 Å². The Morgan fingerprint density at radius 3 is 2.88 bits per heavy atom. The van der Waals surface area contributed by atoms with E-state index in [0.717, 1.165) is 11.3 Å². The van der Waals surface area contributed by atoms with E-state index in [1.54, 1.807) is 24.4 Å². The van der Waals surface area contributed by atoms with Crippen molar-refractivity contribution in [2.75, 3.05) is 0 Å². The Hall–Kier alpha value is -1.94. The molecule has 0 spiro atoms. The number of halogens is 1. The highest BCUT2D eigenvalue weighted by Gasteiger charge is 2.04. The number of hydrogen-bond acceptors (Lipinski definition) is 3. The first-order valence-electron chi connectivity index (χ1n) is 5.28. The van der Waals surface area contributed by atoms with Crippen molar-refractivity contribution < 1.29 is 9.13 Å². The van der Waals surface area contributed by atoms with E-state index >= 15 is 0 Å². The van der Waals surface area contributed by atoms with Crippen LogP contribution in [0.25, 0.3) is 0 Å². The van der Waals surface area contributed by atoms with Gasteiger partial charge in [-0.1, -0.05) is 6.07 Å². The lowest BCUT2D eigenvalue weighted by molar-refractivity contribution is 0.471. The van der Waals surface area contributed by atoms with Crippen LogP contribution in [0.15, 0.2) is 36.5 Å². The fraction of sp³-hybridized carbons (Fsp3) is 0.154. The average Bonchev–Trinajstić information content (AvgIpc) is 2.34. The maximum Gasteiger partial charge on any atom is 0.133 e. The molecule has 0 atom stereocenters. The molecule has 0 aliphatic carbocycles. The molecule has 3 nitrogen and oxygen atoms in total. The summed E-state index contributed by atoms with van der Waals surface area (Å²) in [6, 6.07) is 7.89. The van der Waals surface area contributed by atoms with Crippen molar-refractivity contribution in [2.45, 2.75) is 13.5 Å². The van der Waals surface area contributed by atoms with E-state index in [1.807, 2.05) is 6.92 Å². The summed E-state index contributed by atoms with van der Waals surface area (Å²) in [5, 5.41) is 0. The summed E-state index contributed by atoms with van der Waals surface area (Å²) in [4.78, 5) is 4.06. The van der Waals surface area contributed by atoms with Crippen LogP contribution in [-0.4, -0.2) is 4.98 Å². The van der Waals surface area contributed by atoms with Gasteiger partial charge in [-0.3, -0.25) is 4.98 Å². The Kier molecular flexibility index (Phi) is 3.35. The number of hydrogen-bond donors (Lipinski definition) is 1. The standard InChI is InChI=1S/C13H13FN2O/c1-9-2-3-10(14)6-13(9)17-12-4-5-16-11(7-12)8-15/h2-7H,8,15H2,1H3. The van der Waals surface area contributed by atoms with Gasteiger partial charge in [0.2, 0.25) is 0 Å². The second kappa shape index (κ2) is 4.93. The van der Waals surface area contributed by atoms with E-state index in [2.05, 4.69) is 4.98 Å². The second-order valence-corrected chi connectivity index (χ2v) is 3.70. The molecule has 2 rings (SSSR count). The zero-order valence-electron chi connectivity index (χ0n) is 9.48. The number of aryl methyl sites for hydroxylation is 1. The van der Waals surface area contributed by atoms with E-state index in [0.29, 0.717) is 18.0 Å². The van der Waals surface area contributed by atoms with Crippen molar-refractivity contribution in [3.8, 4) is 11.5 Å². The maximum atomic E-state index is 13.1. The zero-order chi connectivity index (χ0) is 12.3. The van der Waals surface area contributed by atoms with Crippen molar-refractivity contribution in [2.24, 2.45) is 5.73 Å². The summed E-state index contributed by atoms with van der Waals surface area (Å²) in [7, 11) is 0. The van der Waals surface area contributed by atoms with Gasteiger partial charge in [0.1, 0.15) is 17.3 Å². The third-order valence-electron chi connectivity index (χ3n) is 2.38. The first kappa shape index (κ1) is 11.5. The third-order valence-corrected chi connectivity index (χ3v) is 2.38. The molecular weight excluding hydrogens is 219 g/mol. The van der Waals surface area contributed by atoms with Gasteiger partial charge in [0.05, 0.1) is 5.69 Å². The Labute approximate surface area is 99.1 Å². The van der Waals surface area contributed by atoms with E-state index in [1.165, 1.54) is 12.1 Å². The topological polar surface area (TPSA) is 48.1 Å². The molecule has 1 aromatic carbocycles. The van der Waals surface area contributed by atoms with E-state index in [-0.39, 0.29) is 5.82 Å². The van der Waals surface area contributed by atoms with Gasteiger partial charge in [-0.15, -0.1) is 0 Å². The lowest BCUT2D eigenvalue weighted by Gasteiger charge is -2.09. The molecule has 0 saturated heterocycles. The van der Waals surface area contributed by atoms with Crippen molar-refractivity contribution in [3.05, 3.63) is 53.6 Å². The molecule has 4 heteroatoms. The number of rotatable bonds is 3. The number of ether oxygens (including phenoxy) is 1. The minimum atomic E-state index is -0.321. The highest BCUT2D eigenvalue weighted by atomic mass is 19.1. The summed E-state index contributed by atoms with van der Waals surface area (Å²) in [6.45, 7) is 2.21. The monoisotopic (exact) mass is 232 g/mol. The molecule has 0 radical (unpaired) electrons. The minimum absolute atomic E-state index is 0.321. The average molecular weight is 232 g/mol.